The van der Waals surface area contributed by atoms with Gasteiger partial charge in [-0.25, -0.2) is 4.39 Å². The molecule has 6 heteroatoms. The Bertz CT molecular complexity index is 932. The Morgan fingerprint density at radius 2 is 1.61 bits per heavy atom. The first-order chi connectivity index (χ1) is 13.6. The van der Waals surface area contributed by atoms with E-state index in [2.05, 4.69) is 5.32 Å². The Kier molecular flexibility index (Phi) is 7.15. The lowest BCUT2D eigenvalue weighted by Gasteiger charge is -2.15. The van der Waals surface area contributed by atoms with Crippen LogP contribution in [0.25, 0.3) is 0 Å². The van der Waals surface area contributed by atoms with Gasteiger partial charge in [-0.15, -0.1) is 0 Å². The van der Waals surface area contributed by atoms with Crippen molar-refractivity contribution >= 4 is 23.2 Å². The number of rotatable bonds is 8. The van der Waals surface area contributed by atoms with Gasteiger partial charge in [0.25, 0.3) is 0 Å². The molecule has 0 saturated carbocycles. The van der Waals surface area contributed by atoms with E-state index in [9.17, 15) is 4.39 Å². The van der Waals surface area contributed by atoms with E-state index in [0.29, 0.717) is 41.2 Å². The van der Waals surface area contributed by atoms with E-state index < -0.39 is 0 Å². The summed E-state index contributed by atoms with van der Waals surface area (Å²) >= 11 is 12.6. The predicted molar refractivity (Wildman–Crippen MR) is 111 cm³/mol. The van der Waals surface area contributed by atoms with Crippen LogP contribution in [0.5, 0.6) is 11.5 Å². The second kappa shape index (κ2) is 9.78. The molecule has 146 valence electrons. The summed E-state index contributed by atoms with van der Waals surface area (Å²) in [6, 6.07) is 17.5. The zero-order chi connectivity index (χ0) is 19.9. The number of nitrogens with one attached hydrogen (secondary N) is 1. The fourth-order valence-electron chi connectivity index (χ4n) is 2.70. The molecule has 0 aliphatic carbocycles. The van der Waals surface area contributed by atoms with Crippen molar-refractivity contribution in [3.8, 4) is 11.5 Å². The van der Waals surface area contributed by atoms with E-state index in [1.807, 2.05) is 30.3 Å². The van der Waals surface area contributed by atoms with Gasteiger partial charge in [0.05, 0.1) is 7.11 Å². The molecule has 0 spiro atoms. The van der Waals surface area contributed by atoms with Crippen LogP contribution in [0.3, 0.4) is 0 Å². The zero-order valence-electron chi connectivity index (χ0n) is 15.3. The highest BCUT2D eigenvalue weighted by Crippen LogP contribution is 2.34. The minimum atomic E-state index is -0.246. The van der Waals surface area contributed by atoms with Gasteiger partial charge in [0.2, 0.25) is 0 Å². The van der Waals surface area contributed by atoms with Gasteiger partial charge in [-0.1, -0.05) is 53.5 Å². The van der Waals surface area contributed by atoms with Gasteiger partial charge < -0.3 is 14.8 Å². The highest BCUT2D eigenvalue weighted by atomic mass is 35.5. The van der Waals surface area contributed by atoms with E-state index >= 15 is 0 Å². The Morgan fingerprint density at radius 1 is 0.857 bits per heavy atom. The molecule has 28 heavy (non-hydrogen) atoms. The minimum absolute atomic E-state index is 0.246. The molecule has 3 nitrogen and oxygen atoms in total. The molecular weight excluding hydrogens is 400 g/mol. The maximum absolute atomic E-state index is 13.0. The van der Waals surface area contributed by atoms with E-state index in [4.69, 9.17) is 32.7 Å². The third-order valence-corrected chi connectivity index (χ3v) is 4.95. The lowest BCUT2D eigenvalue weighted by atomic mass is 10.1. The molecular formula is C22H20Cl2FNO2. The largest absolute Gasteiger partial charge is 0.493 e. The van der Waals surface area contributed by atoms with E-state index in [-0.39, 0.29) is 5.82 Å². The van der Waals surface area contributed by atoms with Crippen molar-refractivity contribution < 1.29 is 13.9 Å². The quantitative estimate of drug-likeness (QED) is 0.484. The normalized spacial score (nSPS) is 10.7. The molecule has 0 aliphatic heterocycles. The molecule has 0 atom stereocenters. The summed E-state index contributed by atoms with van der Waals surface area (Å²) in [6.07, 6.45) is 0. The highest BCUT2D eigenvalue weighted by Gasteiger charge is 2.11. The maximum Gasteiger partial charge on any atom is 0.163 e. The molecule has 0 aliphatic rings. The number of benzene rings is 3. The molecule has 0 aromatic heterocycles. The fourth-order valence-corrected chi connectivity index (χ4v) is 3.11. The average molecular weight is 420 g/mol. The molecule has 0 bridgehead atoms. The van der Waals surface area contributed by atoms with Crippen LogP contribution in [0.2, 0.25) is 10.0 Å². The number of hydrogen-bond acceptors (Lipinski definition) is 3. The van der Waals surface area contributed by atoms with Crippen LogP contribution in [0, 0.1) is 5.82 Å². The first kappa shape index (κ1) is 20.5. The number of ether oxygens (including phenoxy) is 2. The van der Waals surface area contributed by atoms with Crippen molar-refractivity contribution in [3.05, 3.63) is 93.2 Å². The molecule has 1 N–H and O–H groups in total. The summed E-state index contributed by atoms with van der Waals surface area (Å²) in [5, 5.41) is 4.51. The summed E-state index contributed by atoms with van der Waals surface area (Å²) in [6.45, 7) is 1.45. The van der Waals surface area contributed by atoms with Crippen molar-refractivity contribution in [2.45, 2.75) is 19.7 Å². The van der Waals surface area contributed by atoms with Crippen molar-refractivity contribution in [2.24, 2.45) is 0 Å². The Labute approximate surface area is 174 Å². The molecule has 3 aromatic carbocycles. The van der Waals surface area contributed by atoms with Crippen LogP contribution in [0.15, 0.2) is 60.7 Å². The van der Waals surface area contributed by atoms with Crippen molar-refractivity contribution in [3.63, 3.8) is 0 Å². The topological polar surface area (TPSA) is 30.5 Å². The first-order valence-electron chi connectivity index (χ1n) is 8.74. The molecule has 3 rings (SSSR count). The summed E-state index contributed by atoms with van der Waals surface area (Å²) in [5.74, 6) is 0.897. The lowest BCUT2D eigenvalue weighted by Crippen LogP contribution is -2.13. The van der Waals surface area contributed by atoms with Gasteiger partial charge in [-0.3, -0.25) is 0 Å². The Balaban J connectivity index is 1.65. The molecule has 0 unspecified atom stereocenters. The van der Waals surface area contributed by atoms with Crippen LogP contribution >= 0.6 is 23.2 Å². The predicted octanol–water partition coefficient (Wildman–Crippen LogP) is 6.01. The van der Waals surface area contributed by atoms with Crippen LogP contribution in [0.4, 0.5) is 4.39 Å². The monoisotopic (exact) mass is 419 g/mol. The van der Waals surface area contributed by atoms with Crippen molar-refractivity contribution in [1.29, 1.82) is 0 Å². The molecule has 0 fully saturated rings. The highest BCUT2D eigenvalue weighted by molar-refractivity contribution is 6.31. The van der Waals surface area contributed by atoms with Crippen LogP contribution in [0.1, 0.15) is 16.7 Å². The van der Waals surface area contributed by atoms with Crippen molar-refractivity contribution in [1.82, 2.24) is 5.32 Å². The van der Waals surface area contributed by atoms with Crippen LogP contribution in [-0.4, -0.2) is 7.11 Å². The number of hydrogen-bond donors (Lipinski definition) is 1. The molecule has 0 saturated heterocycles. The summed E-state index contributed by atoms with van der Waals surface area (Å²) in [4.78, 5) is 0. The first-order valence-corrected chi connectivity index (χ1v) is 9.50. The second-order valence-electron chi connectivity index (χ2n) is 6.20. The summed E-state index contributed by atoms with van der Waals surface area (Å²) in [7, 11) is 1.58. The molecule has 0 amide bonds. The molecule has 0 heterocycles. The second-order valence-corrected chi connectivity index (χ2v) is 7.02. The van der Waals surface area contributed by atoms with E-state index in [1.165, 1.54) is 12.1 Å². The van der Waals surface area contributed by atoms with Crippen LogP contribution < -0.4 is 14.8 Å². The van der Waals surface area contributed by atoms with E-state index in [1.54, 1.807) is 25.3 Å². The summed E-state index contributed by atoms with van der Waals surface area (Å²) < 4.78 is 24.3. The van der Waals surface area contributed by atoms with Gasteiger partial charge >= 0.3 is 0 Å². The third kappa shape index (κ3) is 5.38. The lowest BCUT2D eigenvalue weighted by molar-refractivity contribution is 0.284. The van der Waals surface area contributed by atoms with Gasteiger partial charge in [0.1, 0.15) is 12.4 Å². The fraction of sp³-hybridized carbons (Fsp3) is 0.182. The zero-order valence-corrected chi connectivity index (χ0v) is 16.9. The Hall–Kier alpha value is -2.27. The molecule has 3 aromatic rings. The number of methoxy groups -OCH3 is 1. The SMILES string of the molecule is COc1cc(CNCc2ccc(F)cc2)c(Cl)cc1OCc1ccccc1Cl. The molecule has 0 radical (unpaired) electrons. The van der Waals surface area contributed by atoms with Crippen molar-refractivity contribution in [2.75, 3.05) is 7.11 Å². The smallest absolute Gasteiger partial charge is 0.163 e. The van der Waals surface area contributed by atoms with Gasteiger partial charge in [-0.2, -0.15) is 0 Å². The Morgan fingerprint density at radius 3 is 2.32 bits per heavy atom. The third-order valence-electron chi connectivity index (χ3n) is 4.23. The number of halogens is 3. The minimum Gasteiger partial charge on any atom is -0.493 e. The van der Waals surface area contributed by atoms with Gasteiger partial charge in [-0.05, 0) is 35.4 Å². The average Bonchev–Trinajstić information content (AvgIpc) is 2.70. The maximum atomic E-state index is 13.0. The van der Waals surface area contributed by atoms with Gasteiger partial charge in [0, 0.05) is 34.8 Å². The summed E-state index contributed by atoms with van der Waals surface area (Å²) in [5.41, 5.74) is 2.75. The van der Waals surface area contributed by atoms with Gasteiger partial charge in [0.15, 0.2) is 11.5 Å². The van der Waals surface area contributed by atoms with Crippen LogP contribution in [-0.2, 0) is 19.7 Å². The van der Waals surface area contributed by atoms with E-state index in [0.717, 1.165) is 16.7 Å². The standard InChI is InChI=1S/C22H20Cl2FNO2/c1-27-21-10-17(13-26-12-15-6-8-18(25)9-7-15)20(24)11-22(21)28-14-16-4-2-3-5-19(16)23/h2-11,26H,12-14H2,1H3.